The Morgan fingerprint density at radius 3 is 2.55 bits per heavy atom. The van der Waals surface area contributed by atoms with Crippen LogP contribution in [0.25, 0.3) is 0 Å². The van der Waals surface area contributed by atoms with Crippen molar-refractivity contribution >= 4 is 17.3 Å². The first-order valence-electron chi connectivity index (χ1n) is 7.86. The molecule has 0 N–H and O–H groups in total. The fourth-order valence-electron chi connectivity index (χ4n) is 2.92. The topological polar surface area (TPSA) is 36.4 Å². The highest BCUT2D eigenvalue weighted by atomic mass is 16.2. The standard InChI is InChI=1S/C18H21N3O/c1-2-21(16-8-4-3-5-9-16)17-12-15(13-19-14-17)18(22)20-10-6-7-11-20/h3-5,8-9,12-14H,2,6-7,10-11H2,1H3. The second kappa shape index (κ2) is 6.60. The normalized spacial score (nSPS) is 14.1. The largest absolute Gasteiger partial charge is 0.340 e. The Morgan fingerprint density at radius 1 is 1.14 bits per heavy atom. The van der Waals surface area contributed by atoms with Gasteiger partial charge in [0.25, 0.3) is 5.91 Å². The van der Waals surface area contributed by atoms with E-state index in [1.807, 2.05) is 35.4 Å². The summed E-state index contributed by atoms with van der Waals surface area (Å²) in [6.07, 6.45) is 5.69. The third-order valence-electron chi connectivity index (χ3n) is 4.06. The number of rotatable bonds is 4. The second-order valence-electron chi connectivity index (χ2n) is 5.51. The average molecular weight is 295 g/mol. The smallest absolute Gasteiger partial charge is 0.255 e. The van der Waals surface area contributed by atoms with E-state index in [9.17, 15) is 4.79 Å². The summed E-state index contributed by atoms with van der Waals surface area (Å²) < 4.78 is 0. The molecule has 4 heteroatoms. The number of anilines is 2. The van der Waals surface area contributed by atoms with Crippen LogP contribution in [0.1, 0.15) is 30.1 Å². The first kappa shape index (κ1) is 14.6. The van der Waals surface area contributed by atoms with Crippen molar-refractivity contribution in [2.24, 2.45) is 0 Å². The van der Waals surface area contributed by atoms with Gasteiger partial charge in [0.15, 0.2) is 0 Å². The van der Waals surface area contributed by atoms with Crippen molar-refractivity contribution in [1.82, 2.24) is 9.88 Å². The fraction of sp³-hybridized carbons (Fsp3) is 0.333. The summed E-state index contributed by atoms with van der Waals surface area (Å²) in [7, 11) is 0. The molecule has 3 rings (SSSR count). The summed E-state index contributed by atoms with van der Waals surface area (Å²) >= 11 is 0. The van der Waals surface area contributed by atoms with E-state index in [4.69, 9.17) is 0 Å². The summed E-state index contributed by atoms with van der Waals surface area (Å²) in [5, 5.41) is 0. The van der Waals surface area contributed by atoms with Crippen molar-refractivity contribution in [1.29, 1.82) is 0 Å². The number of pyridine rings is 1. The van der Waals surface area contributed by atoms with E-state index < -0.39 is 0 Å². The molecule has 114 valence electrons. The molecule has 1 saturated heterocycles. The van der Waals surface area contributed by atoms with Gasteiger partial charge in [0, 0.05) is 31.5 Å². The predicted octanol–water partition coefficient (Wildman–Crippen LogP) is 3.48. The highest BCUT2D eigenvalue weighted by molar-refractivity contribution is 5.95. The van der Waals surface area contributed by atoms with Crippen LogP contribution in [0.3, 0.4) is 0 Å². The SMILES string of the molecule is CCN(c1ccccc1)c1cncc(C(=O)N2CCCC2)c1. The van der Waals surface area contributed by atoms with Crippen LogP contribution >= 0.6 is 0 Å². The molecule has 1 amide bonds. The Hall–Kier alpha value is -2.36. The van der Waals surface area contributed by atoms with Gasteiger partial charge in [-0.2, -0.15) is 0 Å². The summed E-state index contributed by atoms with van der Waals surface area (Å²) in [5.41, 5.74) is 2.74. The molecule has 0 spiro atoms. The van der Waals surface area contributed by atoms with Crippen LogP contribution in [0.2, 0.25) is 0 Å². The summed E-state index contributed by atoms with van der Waals surface area (Å²) in [4.78, 5) is 20.9. The van der Waals surface area contributed by atoms with Gasteiger partial charge in [0.2, 0.25) is 0 Å². The van der Waals surface area contributed by atoms with Crippen molar-refractivity contribution in [3.63, 3.8) is 0 Å². The molecule has 1 fully saturated rings. The first-order chi connectivity index (χ1) is 10.8. The van der Waals surface area contributed by atoms with Crippen LogP contribution in [-0.2, 0) is 0 Å². The van der Waals surface area contributed by atoms with E-state index in [1.54, 1.807) is 6.20 Å². The average Bonchev–Trinajstić information content (AvgIpc) is 3.11. The lowest BCUT2D eigenvalue weighted by atomic mass is 10.2. The third-order valence-corrected chi connectivity index (χ3v) is 4.06. The molecule has 0 bridgehead atoms. The third kappa shape index (κ3) is 2.96. The van der Waals surface area contributed by atoms with Crippen LogP contribution in [0.5, 0.6) is 0 Å². The van der Waals surface area contributed by atoms with Gasteiger partial charge in [-0.25, -0.2) is 0 Å². The number of amides is 1. The Labute approximate surface area is 131 Å². The van der Waals surface area contributed by atoms with Crippen molar-refractivity contribution in [2.45, 2.75) is 19.8 Å². The van der Waals surface area contributed by atoms with E-state index in [1.165, 1.54) is 0 Å². The number of nitrogens with zero attached hydrogens (tertiary/aromatic N) is 3. The number of likely N-dealkylation sites (tertiary alicyclic amines) is 1. The zero-order valence-electron chi connectivity index (χ0n) is 12.9. The molecule has 0 aliphatic carbocycles. The Bertz CT molecular complexity index is 636. The van der Waals surface area contributed by atoms with Gasteiger partial charge in [0.05, 0.1) is 17.4 Å². The number of para-hydroxylation sites is 1. The number of carbonyl (C=O) groups is 1. The minimum atomic E-state index is 0.0935. The molecule has 4 nitrogen and oxygen atoms in total. The Balaban J connectivity index is 1.88. The van der Waals surface area contributed by atoms with Gasteiger partial charge >= 0.3 is 0 Å². The predicted molar refractivity (Wildman–Crippen MR) is 88.5 cm³/mol. The molecule has 0 unspecified atom stereocenters. The van der Waals surface area contributed by atoms with Crippen molar-refractivity contribution in [3.8, 4) is 0 Å². The second-order valence-corrected chi connectivity index (χ2v) is 5.51. The molecule has 22 heavy (non-hydrogen) atoms. The van der Waals surface area contributed by atoms with Gasteiger partial charge in [-0.1, -0.05) is 18.2 Å². The van der Waals surface area contributed by atoms with Crippen LogP contribution in [0.4, 0.5) is 11.4 Å². The summed E-state index contributed by atoms with van der Waals surface area (Å²) in [6, 6.07) is 12.1. The molecule has 2 heterocycles. The molecule has 1 aliphatic rings. The molecule has 2 aromatic rings. The maximum atomic E-state index is 12.5. The lowest BCUT2D eigenvalue weighted by Gasteiger charge is -2.24. The molecule has 1 aromatic heterocycles. The van der Waals surface area contributed by atoms with Gasteiger partial charge < -0.3 is 9.80 Å². The number of hydrogen-bond donors (Lipinski definition) is 0. The Kier molecular flexibility index (Phi) is 4.37. The minimum Gasteiger partial charge on any atom is -0.340 e. The molecular weight excluding hydrogens is 274 g/mol. The highest BCUT2D eigenvalue weighted by Crippen LogP contribution is 2.25. The summed E-state index contributed by atoms with van der Waals surface area (Å²) in [6.45, 7) is 4.65. The van der Waals surface area contributed by atoms with Crippen molar-refractivity contribution < 1.29 is 4.79 Å². The van der Waals surface area contributed by atoms with Crippen LogP contribution in [-0.4, -0.2) is 35.4 Å². The number of benzene rings is 1. The zero-order chi connectivity index (χ0) is 15.4. The van der Waals surface area contributed by atoms with Gasteiger partial charge in [0.1, 0.15) is 0 Å². The highest BCUT2D eigenvalue weighted by Gasteiger charge is 2.20. The van der Waals surface area contributed by atoms with Crippen molar-refractivity contribution in [2.75, 3.05) is 24.5 Å². The van der Waals surface area contributed by atoms with Crippen molar-refractivity contribution in [3.05, 3.63) is 54.4 Å². The monoisotopic (exact) mass is 295 g/mol. The van der Waals surface area contributed by atoms with Crippen LogP contribution < -0.4 is 4.90 Å². The van der Waals surface area contributed by atoms with Gasteiger partial charge in [-0.3, -0.25) is 9.78 Å². The molecule has 0 radical (unpaired) electrons. The maximum Gasteiger partial charge on any atom is 0.255 e. The van der Waals surface area contributed by atoms with E-state index in [0.717, 1.165) is 43.9 Å². The minimum absolute atomic E-state index is 0.0935. The maximum absolute atomic E-state index is 12.5. The molecule has 0 atom stereocenters. The molecule has 1 aliphatic heterocycles. The molecular formula is C18H21N3O. The van der Waals surface area contributed by atoms with Crippen LogP contribution in [0, 0.1) is 0 Å². The van der Waals surface area contributed by atoms with E-state index in [0.29, 0.717) is 5.56 Å². The Morgan fingerprint density at radius 2 is 1.86 bits per heavy atom. The van der Waals surface area contributed by atoms with Gasteiger partial charge in [-0.05, 0) is 38.0 Å². The lowest BCUT2D eigenvalue weighted by molar-refractivity contribution is 0.0792. The lowest BCUT2D eigenvalue weighted by Crippen LogP contribution is -2.28. The number of hydrogen-bond acceptors (Lipinski definition) is 3. The van der Waals surface area contributed by atoms with E-state index in [2.05, 4.69) is 28.9 Å². The first-order valence-corrected chi connectivity index (χ1v) is 7.86. The number of aromatic nitrogens is 1. The molecule has 0 saturated carbocycles. The number of carbonyl (C=O) groups excluding carboxylic acids is 1. The quantitative estimate of drug-likeness (QED) is 0.866. The zero-order valence-corrected chi connectivity index (χ0v) is 12.9. The van der Waals surface area contributed by atoms with Gasteiger partial charge in [-0.15, -0.1) is 0 Å². The molecule has 1 aromatic carbocycles. The fourth-order valence-corrected chi connectivity index (χ4v) is 2.92. The summed E-state index contributed by atoms with van der Waals surface area (Å²) in [5.74, 6) is 0.0935. The van der Waals surface area contributed by atoms with Crippen LogP contribution in [0.15, 0.2) is 48.8 Å². The van der Waals surface area contributed by atoms with E-state index in [-0.39, 0.29) is 5.91 Å². The van der Waals surface area contributed by atoms with E-state index >= 15 is 0 Å².